The van der Waals surface area contributed by atoms with Crippen molar-refractivity contribution in [3.05, 3.63) is 22.4 Å². The highest BCUT2D eigenvalue weighted by Crippen LogP contribution is 2.39. The number of ether oxygens (including phenoxy) is 2. The van der Waals surface area contributed by atoms with Crippen LogP contribution >= 0.6 is 11.3 Å². The maximum absolute atomic E-state index is 12.1. The second-order valence-corrected chi connectivity index (χ2v) is 6.30. The van der Waals surface area contributed by atoms with Gasteiger partial charge >= 0.3 is 0 Å². The molecule has 0 bridgehead atoms. The third-order valence-electron chi connectivity index (χ3n) is 4.03. The molecule has 1 unspecified atom stereocenters. The van der Waals surface area contributed by atoms with Crippen LogP contribution in [0.4, 0.5) is 0 Å². The summed E-state index contributed by atoms with van der Waals surface area (Å²) in [4.78, 5) is 14.0. The van der Waals surface area contributed by atoms with E-state index in [1.807, 2.05) is 21.7 Å². The summed E-state index contributed by atoms with van der Waals surface area (Å²) in [5.41, 5.74) is 0.734. The summed E-state index contributed by atoms with van der Waals surface area (Å²) in [6.45, 7) is 3.09. The van der Waals surface area contributed by atoms with E-state index < -0.39 is 0 Å². The molecule has 3 heterocycles. The van der Waals surface area contributed by atoms with Crippen LogP contribution in [0.5, 0.6) is 0 Å². The maximum Gasteiger partial charge on any atom is 0.254 e. The Hall–Kier alpha value is -0.910. The zero-order valence-electron chi connectivity index (χ0n) is 11.1. The molecule has 3 rings (SSSR count). The molecule has 1 aromatic heterocycles. The van der Waals surface area contributed by atoms with Gasteiger partial charge in [-0.25, -0.2) is 0 Å². The molecular formula is C14H19NO3S. The molecule has 4 nitrogen and oxygen atoms in total. The molecule has 1 aromatic rings. The zero-order valence-corrected chi connectivity index (χ0v) is 11.9. The van der Waals surface area contributed by atoms with E-state index in [1.165, 1.54) is 0 Å². The Morgan fingerprint density at radius 2 is 2.47 bits per heavy atom. The Bertz CT molecular complexity index is 440. The van der Waals surface area contributed by atoms with Crippen molar-refractivity contribution in [2.75, 3.05) is 33.4 Å². The molecule has 2 fully saturated rings. The number of thiophene rings is 1. The monoisotopic (exact) mass is 281 g/mol. The van der Waals surface area contributed by atoms with Crippen molar-refractivity contribution in [3.8, 4) is 0 Å². The van der Waals surface area contributed by atoms with E-state index in [2.05, 4.69) is 0 Å². The number of carbonyl (C=O) groups is 1. The van der Waals surface area contributed by atoms with Crippen molar-refractivity contribution in [2.24, 2.45) is 5.92 Å². The number of hydrogen-bond acceptors (Lipinski definition) is 4. The summed E-state index contributed by atoms with van der Waals surface area (Å²) in [6.07, 6.45) is 2.11. The average Bonchev–Trinajstić information content (AvgIpc) is 3.03. The lowest BCUT2D eigenvalue weighted by atomic mass is 9.86. The Balaban J connectivity index is 1.51. The smallest absolute Gasteiger partial charge is 0.254 e. The summed E-state index contributed by atoms with van der Waals surface area (Å²) in [5.74, 6) is 0.717. The highest BCUT2D eigenvalue weighted by molar-refractivity contribution is 7.08. The summed E-state index contributed by atoms with van der Waals surface area (Å²) >= 11 is 1.56. The second kappa shape index (κ2) is 5.23. The van der Waals surface area contributed by atoms with Crippen molar-refractivity contribution in [3.63, 3.8) is 0 Å². The minimum atomic E-state index is -0.0654. The van der Waals surface area contributed by atoms with Crippen LogP contribution in [0.15, 0.2) is 16.8 Å². The van der Waals surface area contributed by atoms with E-state index in [-0.39, 0.29) is 11.5 Å². The van der Waals surface area contributed by atoms with E-state index in [4.69, 9.17) is 9.47 Å². The molecule has 2 aliphatic heterocycles. The first kappa shape index (κ1) is 13.1. The fraction of sp³-hybridized carbons (Fsp3) is 0.643. The van der Waals surface area contributed by atoms with Gasteiger partial charge in [-0.15, -0.1) is 0 Å². The molecular weight excluding hydrogens is 262 g/mol. The van der Waals surface area contributed by atoms with E-state index in [0.717, 1.165) is 44.7 Å². The molecule has 1 amide bonds. The Kier molecular flexibility index (Phi) is 3.60. The van der Waals surface area contributed by atoms with Gasteiger partial charge in [-0.3, -0.25) is 4.79 Å². The molecule has 0 aromatic carbocycles. The first-order valence-electron chi connectivity index (χ1n) is 6.67. The first-order valence-corrected chi connectivity index (χ1v) is 7.61. The van der Waals surface area contributed by atoms with Gasteiger partial charge < -0.3 is 14.4 Å². The van der Waals surface area contributed by atoms with E-state index in [9.17, 15) is 4.79 Å². The minimum Gasteiger partial charge on any atom is -0.385 e. The highest BCUT2D eigenvalue weighted by atomic mass is 32.1. The molecule has 0 N–H and O–H groups in total. The molecule has 0 radical (unpaired) electrons. The van der Waals surface area contributed by atoms with Crippen LogP contribution in [0.2, 0.25) is 0 Å². The summed E-state index contributed by atoms with van der Waals surface area (Å²) in [6, 6.07) is 1.88. The van der Waals surface area contributed by atoms with Crippen LogP contribution in [0.25, 0.3) is 0 Å². The van der Waals surface area contributed by atoms with Gasteiger partial charge in [0.05, 0.1) is 25.3 Å². The largest absolute Gasteiger partial charge is 0.385 e. The lowest BCUT2D eigenvalue weighted by molar-refractivity contribution is -0.0950. The Labute approximate surface area is 117 Å². The molecule has 104 valence electrons. The summed E-state index contributed by atoms with van der Waals surface area (Å²) in [7, 11) is 1.73. The van der Waals surface area contributed by atoms with Crippen LogP contribution < -0.4 is 0 Å². The predicted octanol–water partition coefficient (Wildman–Crippen LogP) is 2.02. The molecule has 2 aliphatic rings. The molecule has 1 spiro atoms. The fourth-order valence-corrected chi connectivity index (χ4v) is 3.62. The van der Waals surface area contributed by atoms with Gasteiger partial charge in [-0.2, -0.15) is 11.3 Å². The van der Waals surface area contributed by atoms with Gasteiger partial charge in [0.2, 0.25) is 0 Å². The SMILES string of the molecule is COCCC1COC2(C1)CN(C(=O)c1ccsc1)C2. The summed E-state index contributed by atoms with van der Waals surface area (Å²) in [5, 5.41) is 3.85. The number of nitrogens with zero attached hydrogens (tertiary/aromatic N) is 1. The first-order chi connectivity index (χ1) is 9.22. The van der Waals surface area contributed by atoms with Crippen molar-refractivity contribution in [1.29, 1.82) is 0 Å². The van der Waals surface area contributed by atoms with Crippen molar-refractivity contribution in [1.82, 2.24) is 4.90 Å². The van der Waals surface area contributed by atoms with Crippen LogP contribution in [0.3, 0.4) is 0 Å². The number of rotatable bonds is 4. The molecule has 5 heteroatoms. The molecule has 1 atom stereocenters. The van der Waals surface area contributed by atoms with Gasteiger partial charge in [-0.05, 0) is 30.2 Å². The zero-order chi connectivity index (χ0) is 13.3. The number of methoxy groups -OCH3 is 1. The van der Waals surface area contributed by atoms with E-state index in [0.29, 0.717) is 5.92 Å². The van der Waals surface area contributed by atoms with Gasteiger partial charge in [0.15, 0.2) is 0 Å². The molecule has 0 saturated carbocycles. The Morgan fingerprint density at radius 3 is 3.16 bits per heavy atom. The van der Waals surface area contributed by atoms with Crippen molar-refractivity contribution >= 4 is 17.2 Å². The number of hydrogen-bond donors (Lipinski definition) is 0. The standard InChI is InChI=1S/C14H19NO3S/c1-17-4-2-11-6-14(18-7-11)9-15(10-14)13(16)12-3-5-19-8-12/h3,5,8,11H,2,4,6-7,9-10H2,1H3. The van der Waals surface area contributed by atoms with Gasteiger partial charge in [0.1, 0.15) is 5.60 Å². The van der Waals surface area contributed by atoms with Crippen LogP contribution in [0.1, 0.15) is 23.2 Å². The highest BCUT2D eigenvalue weighted by Gasteiger charge is 2.51. The van der Waals surface area contributed by atoms with Crippen molar-refractivity contribution < 1.29 is 14.3 Å². The molecule has 2 saturated heterocycles. The maximum atomic E-state index is 12.1. The van der Waals surface area contributed by atoms with Crippen LogP contribution in [-0.4, -0.2) is 49.8 Å². The molecule has 19 heavy (non-hydrogen) atoms. The quantitative estimate of drug-likeness (QED) is 0.847. The van der Waals surface area contributed by atoms with E-state index in [1.54, 1.807) is 18.4 Å². The third-order valence-corrected chi connectivity index (χ3v) is 4.71. The molecule has 0 aliphatic carbocycles. The minimum absolute atomic E-state index is 0.0654. The lowest BCUT2D eigenvalue weighted by Crippen LogP contribution is -2.63. The van der Waals surface area contributed by atoms with Crippen LogP contribution in [0, 0.1) is 5.92 Å². The van der Waals surface area contributed by atoms with E-state index >= 15 is 0 Å². The number of likely N-dealkylation sites (tertiary alicyclic amines) is 1. The topological polar surface area (TPSA) is 38.8 Å². The number of amides is 1. The normalized spacial score (nSPS) is 24.7. The fourth-order valence-electron chi connectivity index (χ4n) is 2.99. The second-order valence-electron chi connectivity index (χ2n) is 5.52. The lowest BCUT2D eigenvalue weighted by Gasteiger charge is -2.47. The van der Waals surface area contributed by atoms with Gasteiger partial charge in [0.25, 0.3) is 5.91 Å². The van der Waals surface area contributed by atoms with Crippen molar-refractivity contribution in [2.45, 2.75) is 18.4 Å². The van der Waals surface area contributed by atoms with Crippen LogP contribution in [-0.2, 0) is 9.47 Å². The van der Waals surface area contributed by atoms with Gasteiger partial charge in [-0.1, -0.05) is 0 Å². The Morgan fingerprint density at radius 1 is 1.63 bits per heavy atom. The number of carbonyl (C=O) groups excluding carboxylic acids is 1. The predicted molar refractivity (Wildman–Crippen MR) is 73.5 cm³/mol. The summed E-state index contributed by atoms with van der Waals surface area (Å²) < 4.78 is 11.0. The van der Waals surface area contributed by atoms with Gasteiger partial charge in [0, 0.05) is 19.1 Å². The third kappa shape index (κ3) is 2.55. The average molecular weight is 281 g/mol.